The van der Waals surface area contributed by atoms with E-state index in [1.54, 1.807) is 86.0 Å². The lowest BCUT2D eigenvalue weighted by Crippen LogP contribution is -2.30. The second-order valence-corrected chi connectivity index (χ2v) is 11.0. The predicted octanol–water partition coefficient (Wildman–Crippen LogP) is 7.74. The smallest absolute Gasteiger partial charge is 0.272 e. The first-order chi connectivity index (χ1) is 22.4. The van der Waals surface area contributed by atoms with Crippen LogP contribution in [0.4, 0.5) is 5.69 Å². The summed E-state index contributed by atoms with van der Waals surface area (Å²) in [5, 5.41) is 5.56. The molecule has 0 saturated carbocycles. The molecule has 5 rings (SSSR count). The third kappa shape index (κ3) is 8.34. The maximum Gasteiger partial charge on any atom is 0.272 e. The number of hydrogen-bond acceptors (Lipinski definition) is 7. The number of carbonyl (C=O) groups excluding carboxylic acids is 3. The predicted molar refractivity (Wildman–Crippen MR) is 180 cm³/mol. The lowest BCUT2D eigenvalue weighted by molar-refractivity contribution is -0.113. The van der Waals surface area contributed by atoms with Gasteiger partial charge in [0.2, 0.25) is 0 Å². The molecule has 0 aliphatic carbocycles. The first-order valence-electron chi connectivity index (χ1n) is 14.5. The maximum absolute atomic E-state index is 13.5. The van der Waals surface area contributed by atoms with Gasteiger partial charge in [0.25, 0.3) is 11.8 Å². The van der Waals surface area contributed by atoms with Crippen molar-refractivity contribution >= 4 is 41.1 Å². The summed E-state index contributed by atoms with van der Waals surface area (Å²) < 4.78 is 16.9. The van der Waals surface area contributed by atoms with E-state index >= 15 is 0 Å². The van der Waals surface area contributed by atoms with E-state index in [9.17, 15) is 14.4 Å². The van der Waals surface area contributed by atoms with Gasteiger partial charge in [0, 0.05) is 27.8 Å². The molecule has 0 aliphatic rings. The Morgan fingerprint density at radius 2 is 1.52 bits per heavy atom. The fraction of sp³-hybridized carbons (Fsp3) is 0.108. The first-order valence-corrected chi connectivity index (χ1v) is 15.5. The fourth-order valence-corrected chi connectivity index (χ4v) is 5.27. The van der Waals surface area contributed by atoms with E-state index in [2.05, 4.69) is 10.6 Å². The summed E-state index contributed by atoms with van der Waals surface area (Å²) in [6.45, 7) is 2.47. The molecule has 0 radical (unpaired) electrons. The normalized spacial score (nSPS) is 11.0. The SMILES string of the molecule is CCOc1ccc(C(=O)CSc2ccc(NC(=O)/C(=C\c3ccc(-c4ccccc4OC)o3)NC(=O)c3ccccc3)cc2)cc1. The molecule has 9 heteroatoms. The molecule has 0 saturated heterocycles. The van der Waals surface area contributed by atoms with Crippen LogP contribution in [0.15, 0.2) is 130 Å². The Kier molecular flexibility index (Phi) is 10.7. The van der Waals surface area contributed by atoms with Crippen molar-refractivity contribution in [1.82, 2.24) is 5.32 Å². The minimum atomic E-state index is -0.536. The largest absolute Gasteiger partial charge is 0.496 e. The molecule has 8 nitrogen and oxygen atoms in total. The Hall–Kier alpha value is -5.54. The van der Waals surface area contributed by atoms with Crippen LogP contribution in [0.25, 0.3) is 17.4 Å². The number of benzene rings is 4. The number of furan rings is 1. The number of anilines is 1. The lowest BCUT2D eigenvalue weighted by atomic mass is 10.1. The molecule has 1 aromatic heterocycles. The Balaban J connectivity index is 1.28. The van der Waals surface area contributed by atoms with E-state index < -0.39 is 11.8 Å². The zero-order chi connectivity index (χ0) is 32.3. The highest BCUT2D eigenvalue weighted by Gasteiger charge is 2.17. The standard InChI is InChI=1S/C37H32N2O6S/c1-3-44-28-17-13-25(14-18-28)33(40)24-46-30-20-15-27(16-21-30)38-37(42)32(39-36(41)26-9-5-4-6-10-26)23-29-19-22-35(45-29)31-11-7-8-12-34(31)43-2/h4-23H,3,24H2,1-2H3,(H,38,42)(H,39,41)/b32-23+. The van der Waals surface area contributed by atoms with Gasteiger partial charge in [-0.25, -0.2) is 0 Å². The van der Waals surface area contributed by atoms with Crippen molar-refractivity contribution in [2.24, 2.45) is 0 Å². The summed E-state index contributed by atoms with van der Waals surface area (Å²) in [5.74, 6) is 1.57. The van der Waals surface area contributed by atoms with Gasteiger partial charge in [-0.3, -0.25) is 14.4 Å². The van der Waals surface area contributed by atoms with Crippen molar-refractivity contribution in [3.8, 4) is 22.8 Å². The van der Waals surface area contributed by atoms with E-state index in [1.165, 1.54) is 17.8 Å². The molecule has 4 aromatic carbocycles. The Morgan fingerprint density at radius 1 is 0.804 bits per heavy atom. The van der Waals surface area contributed by atoms with Crippen molar-refractivity contribution in [1.29, 1.82) is 0 Å². The Morgan fingerprint density at radius 3 is 2.24 bits per heavy atom. The number of para-hydroxylation sites is 1. The molecule has 0 fully saturated rings. The molecule has 0 atom stereocenters. The van der Waals surface area contributed by atoms with Gasteiger partial charge in [-0.05, 0) is 91.9 Å². The monoisotopic (exact) mass is 632 g/mol. The van der Waals surface area contributed by atoms with Gasteiger partial charge in [0.15, 0.2) is 5.78 Å². The number of amides is 2. The second-order valence-electron chi connectivity index (χ2n) is 9.93. The molecule has 46 heavy (non-hydrogen) atoms. The molecule has 0 spiro atoms. The highest BCUT2D eigenvalue weighted by Crippen LogP contribution is 2.31. The van der Waals surface area contributed by atoms with Crippen LogP contribution in [0.1, 0.15) is 33.4 Å². The fourth-order valence-electron chi connectivity index (χ4n) is 4.48. The number of ether oxygens (including phenoxy) is 2. The summed E-state index contributed by atoms with van der Waals surface area (Å²) in [6.07, 6.45) is 1.48. The van der Waals surface area contributed by atoms with Crippen molar-refractivity contribution in [2.75, 3.05) is 24.8 Å². The van der Waals surface area contributed by atoms with Crippen LogP contribution < -0.4 is 20.1 Å². The lowest BCUT2D eigenvalue weighted by Gasteiger charge is -2.11. The Labute approximate surface area is 271 Å². The van der Waals surface area contributed by atoms with Crippen LogP contribution in [0, 0.1) is 0 Å². The van der Waals surface area contributed by atoms with Crippen LogP contribution >= 0.6 is 11.8 Å². The average Bonchev–Trinajstić information content (AvgIpc) is 3.56. The summed E-state index contributed by atoms with van der Waals surface area (Å²) in [4.78, 5) is 40.0. The van der Waals surface area contributed by atoms with Gasteiger partial charge in [-0.1, -0.05) is 30.3 Å². The topological polar surface area (TPSA) is 107 Å². The molecule has 1 heterocycles. The number of methoxy groups -OCH3 is 1. The highest BCUT2D eigenvalue weighted by molar-refractivity contribution is 8.00. The van der Waals surface area contributed by atoms with E-state index in [1.807, 2.05) is 43.3 Å². The van der Waals surface area contributed by atoms with Gasteiger partial charge in [-0.2, -0.15) is 0 Å². The van der Waals surface area contributed by atoms with E-state index in [0.717, 1.165) is 16.2 Å². The molecule has 5 aromatic rings. The average molecular weight is 633 g/mol. The second kappa shape index (κ2) is 15.5. The van der Waals surface area contributed by atoms with Crippen LogP contribution in [-0.2, 0) is 4.79 Å². The highest BCUT2D eigenvalue weighted by atomic mass is 32.2. The van der Waals surface area contributed by atoms with Gasteiger partial charge >= 0.3 is 0 Å². The number of carbonyl (C=O) groups is 3. The van der Waals surface area contributed by atoms with Gasteiger partial charge < -0.3 is 24.5 Å². The summed E-state index contributed by atoms with van der Waals surface area (Å²) >= 11 is 1.40. The molecule has 0 unspecified atom stereocenters. The Bertz CT molecular complexity index is 1830. The van der Waals surface area contributed by atoms with Crippen molar-refractivity contribution in [3.63, 3.8) is 0 Å². The number of ketones is 1. The molecule has 0 aliphatic heterocycles. The number of Topliss-reactive ketones (excluding diaryl/α,β-unsaturated/α-hetero) is 1. The van der Waals surface area contributed by atoms with Gasteiger partial charge in [-0.15, -0.1) is 11.8 Å². The summed E-state index contributed by atoms with van der Waals surface area (Å²) in [6, 6.07) is 33.8. The van der Waals surface area contributed by atoms with Crippen LogP contribution in [0.2, 0.25) is 0 Å². The number of hydrogen-bond donors (Lipinski definition) is 2. The van der Waals surface area contributed by atoms with Crippen LogP contribution in [0.5, 0.6) is 11.5 Å². The van der Waals surface area contributed by atoms with Crippen molar-refractivity contribution in [3.05, 3.63) is 138 Å². The summed E-state index contributed by atoms with van der Waals surface area (Å²) in [7, 11) is 1.58. The van der Waals surface area contributed by atoms with Crippen LogP contribution in [-0.4, -0.2) is 37.1 Å². The number of rotatable bonds is 13. The third-order valence-electron chi connectivity index (χ3n) is 6.78. The van der Waals surface area contributed by atoms with Gasteiger partial charge in [0.05, 0.1) is 25.0 Å². The third-order valence-corrected chi connectivity index (χ3v) is 7.80. The first kappa shape index (κ1) is 31.9. The molecule has 2 amide bonds. The number of thioether (sulfide) groups is 1. The molecule has 232 valence electrons. The zero-order valence-electron chi connectivity index (χ0n) is 25.3. The zero-order valence-corrected chi connectivity index (χ0v) is 26.1. The molecule has 2 N–H and O–H groups in total. The molecular formula is C37H32N2O6S. The van der Waals surface area contributed by atoms with Crippen molar-refractivity contribution < 1.29 is 28.3 Å². The minimum Gasteiger partial charge on any atom is -0.496 e. The molecule has 0 bridgehead atoms. The molecular weight excluding hydrogens is 600 g/mol. The van der Waals surface area contributed by atoms with Crippen LogP contribution in [0.3, 0.4) is 0 Å². The maximum atomic E-state index is 13.5. The summed E-state index contributed by atoms with van der Waals surface area (Å²) in [5.41, 5.74) is 2.28. The minimum absolute atomic E-state index is 0.00107. The van der Waals surface area contributed by atoms with E-state index in [0.29, 0.717) is 40.7 Å². The van der Waals surface area contributed by atoms with E-state index in [4.69, 9.17) is 13.9 Å². The van der Waals surface area contributed by atoms with Crippen molar-refractivity contribution in [2.45, 2.75) is 11.8 Å². The van der Waals surface area contributed by atoms with Gasteiger partial charge in [0.1, 0.15) is 28.7 Å². The quantitative estimate of drug-likeness (QED) is 0.0777. The number of nitrogens with one attached hydrogen (secondary N) is 2. The van der Waals surface area contributed by atoms with E-state index in [-0.39, 0.29) is 17.2 Å².